The second-order valence-corrected chi connectivity index (χ2v) is 8.12. The average Bonchev–Trinajstić information content (AvgIpc) is 3.31. The number of aryl methyl sites for hydroxylation is 1. The highest BCUT2D eigenvalue weighted by molar-refractivity contribution is 7.71. The SMILES string of the molecule is COc1ccc(-c2n[nH]c(=S)n2CC(=O)NCc2c(C)nn(Cc3ccccc3)c2C)cc1. The molecule has 1 amide bonds. The van der Waals surface area contributed by atoms with Gasteiger partial charge < -0.3 is 10.1 Å². The van der Waals surface area contributed by atoms with Gasteiger partial charge in [0, 0.05) is 23.4 Å². The molecule has 0 aliphatic rings. The molecule has 0 fully saturated rings. The Hall–Kier alpha value is -3.72. The predicted octanol–water partition coefficient (Wildman–Crippen LogP) is 3.79. The molecule has 2 aromatic heterocycles. The molecule has 0 spiro atoms. The molecule has 8 nitrogen and oxygen atoms in total. The van der Waals surface area contributed by atoms with E-state index < -0.39 is 0 Å². The number of ether oxygens (including phenoxy) is 1. The molecule has 0 aliphatic heterocycles. The molecule has 9 heteroatoms. The summed E-state index contributed by atoms with van der Waals surface area (Å²) in [5.74, 6) is 1.19. The van der Waals surface area contributed by atoms with Crippen molar-refractivity contribution in [3.63, 3.8) is 0 Å². The molecule has 0 radical (unpaired) electrons. The summed E-state index contributed by atoms with van der Waals surface area (Å²) in [5.41, 5.74) is 4.98. The number of methoxy groups -OCH3 is 1. The number of H-pyrrole nitrogens is 1. The molecule has 0 bridgehead atoms. The summed E-state index contributed by atoms with van der Waals surface area (Å²) >= 11 is 5.35. The van der Waals surface area contributed by atoms with Crippen molar-refractivity contribution in [3.8, 4) is 17.1 Å². The van der Waals surface area contributed by atoms with E-state index in [1.165, 1.54) is 5.56 Å². The predicted molar refractivity (Wildman–Crippen MR) is 128 cm³/mol. The zero-order valence-corrected chi connectivity index (χ0v) is 19.6. The van der Waals surface area contributed by atoms with Gasteiger partial charge in [-0.05, 0) is 55.9 Å². The van der Waals surface area contributed by atoms with E-state index in [0.29, 0.717) is 23.7 Å². The van der Waals surface area contributed by atoms with E-state index in [1.54, 1.807) is 11.7 Å². The van der Waals surface area contributed by atoms with E-state index in [-0.39, 0.29) is 12.5 Å². The first-order chi connectivity index (χ1) is 16.0. The van der Waals surface area contributed by atoms with Gasteiger partial charge in [-0.15, -0.1) is 0 Å². The van der Waals surface area contributed by atoms with E-state index in [4.69, 9.17) is 17.0 Å². The van der Waals surface area contributed by atoms with Gasteiger partial charge in [-0.3, -0.25) is 19.1 Å². The molecule has 4 aromatic rings. The monoisotopic (exact) mass is 462 g/mol. The number of amides is 1. The van der Waals surface area contributed by atoms with Crippen molar-refractivity contribution in [1.29, 1.82) is 0 Å². The Morgan fingerprint density at radius 2 is 1.85 bits per heavy atom. The number of aromatic nitrogens is 5. The zero-order valence-electron chi connectivity index (χ0n) is 18.8. The maximum Gasteiger partial charge on any atom is 0.240 e. The van der Waals surface area contributed by atoms with Gasteiger partial charge in [-0.2, -0.15) is 10.2 Å². The van der Waals surface area contributed by atoms with Gasteiger partial charge in [0.1, 0.15) is 12.3 Å². The third-order valence-corrected chi connectivity index (χ3v) is 5.89. The fraction of sp³-hybridized carbons (Fsp3) is 0.250. The van der Waals surface area contributed by atoms with E-state index >= 15 is 0 Å². The maximum absolute atomic E-state index is 12.8. The van der Waals surface area contributed by atoms with Gasteiger partial charge in [0.25, 0.3) is 0 Å². The number of nitrogens with zero attached hydrogens (tertiary/aromatic N) is 4. The Labute approximate surface area is 197 Å². The third-order valence-electron chi connectivity index (χ3n) is 5.58. The van der Waals surface area contributed by atoms with Crippen LogP contribution in [0.4, 0.5) is 0 Å². The lowest BCUT2D eigenvalue weighted by Gasteiger charge is -2.10. The quantitative estimate of drug-likeness (QED) is 0.389. The van der Waals surface area contributed by atoms with Crippen molar-refractivity contribution in [2.24, 2.45) is 0 Å². The van der Waals surface area contributed by atoms with Gasteiger partial charge in [-0.25, -0.2) is 0 Å². The van der Waals surface area contributed by atoms with E-state index in [2.05, 4.69) is 32.7 Å². The molecule has 4 rings (SSSR count). The molecule has 33 heavy (non-hydrogen) atoms. The summed E-state index contributed by atoms with van der Waals surface area (Å²) in [5, 5.41) is 14.7. The minimum Gasteiger partial charge on any atom is -0.497 e. The number of carbonyl (C=O) groups excluding carboxylic acids is 1. The summed E-state index contributed by atoms with van der Waals surface area (Å²) in [6, 6.07) is 17.6. The highest BCUT2D eigenvalue weighted by atomic mass is 32.1. The van der Waals surface area contributed by atoms with Crippen molar-refractivity contribution >= 4 is 18.1 Å². The van der Waals surface area contributed by atoms with Crippen molar-refractivity contribution in [2.75, 3.05) is 7.11 Å². The van der Waals surface area contributed by atoms with Gasteiger partial charge >= 0.3 is 0 Å². The molecule has 0 atom stereocenters. The van der Waals surface area contributed by atoms with Crippen LogP contribution in [0.25, 0.3) is 11.4 Å². The first kappa shape index (κ1) is 22.5. The van der Waals surface area contributed by atoms with Crippen LogP contribution in [-0.4, -0.2) is 37.6 Å². The molecular formula is C24H26N6O2S. The summed E-state index contributed by atoms with van der Waals surface area (Å²) in [6.45, 7) is 5.14. The number of hydrogen-bond donors (Lipinski definition) is 2. The van der Waals surface area contributed by atoms with Crippen LogP contribution in [0.5, 0.6) is 5.75 Å². The van der Waals surface area contributed by atoms with Crippen LogP contribution in [0.3, 0.4) is 0 Å². The molecular weight excluding hydrogens is 436 g/mol. The first-order valence-corrected chi connectivity index (χ1v) is 11.0. The number of benzene rings is 2. The van der Waals surface area contributed by atoms with Crippen LogP contribution in [-0.2, 0) is 24.4 Å². The second kappa shape index (κ2) is 9.83. The largest absolute Gasteiger partial charge is 0.497 e. The Morgan fingerprint density at radius 1 is 1.12 bits per heavy atom. The highest BCUT2D eigenvalue weighted by Crippen LogP contribution is 2.21. The van der Waals surface area contributed by atoms with Gasteiger partial charge in [0.15, 0.2) is 10.6 Å². The van der Waals surface area contributed by atoms with Crippen LogP contribution in [0.1, 0.15) is 22.5 Å². The number of rotatable bonds is 8. The number of aromatic amines is 1. The van der Waals surface area contributed by atoms with Crippen LogP contribution < -0.4 is 10.1 Å². The molecule has 170 valence electrons. The summed E-state index contributed by atoms with van der Waals surface area (Å²) in [6.07, 6.45) is 0. The highest BCUT2D eigenvalue weighted by Gasteiger charge is 2.15. The number of nitrogens with one attached hydrogen (secondary N) is 2. The third kappa shape index (κ3) is 5.04. The lowest BCUT2D eigenvalue weighted by Crippen LogP contribution is -2.28. The normalized spacial score (nSPS) is 10.9. The van der Waals surface area contributed by atoms with E-state index in [9.17, 15) is 4.79 Å². The fourth-order valence-corrected chi connectivity index (χ4v) is 3.91. The van der Waals surface area contributed by atoms with Crippen LogP contribution in [0.15, 0.2) is 54.6 Å². The van der Waals surface area contributed by atoms with E-state index in [1.807, 2.05) is 61.0 Å². The lowest BCUT2D eigenvalue weighted by atomic mass is 10.2. The molecule has 2 N–H and O–H groups in total. The summed E-state index contributed by atoms with van der Waals surface area (Å²) in [4.78, 5) is 12.8. The van der Waals surface area contributed by atoms with Gasteiger partial charge in [0.05, 0.1) is 19.3 Å². The molecule has 0 saturated carbocycles. The fourth-order valence-electron chi connectivity index (χ4n) is 3.71. The Kier molecular flexibility index (Phi) is 6.69. The molecule has 2 heterocycles. The smallest absolute Gasteiger partial charge is 0.240 e. The number of carbonyl (C=O) groups is 1. The van der Waals surface area contributed by atoms with Gasteiger partial charge in [-0.1, -0.05) is 30.3 Å². The zero-order chi connectivity index (χ0) is 23.4. The van der Waals surface area contributed by atoms with Crippen LogP contribution in [0.2, 0.25) is 0 Å². The molecule has 2 aromatic carbocycles. The lowest BCUT2D eigenvalue weighted by molar-refractivity contribution is -0.121. The van der Waals surface area contributed by atoms with Crippen molar-refractivity contribution in [2.45, 2.75) is 33.5 Å². The maximum atomic E-state index is 12.8. The van der Waals surface area contributed by atoms with E-state index in [0.717, 1.165) is 28.3 Å². The molecule has 0 unspecified atom stereocenters. The minimum absolute atomic E-state index is 0.0624. The van der Waals surface area contributed by atoms with Gasteiger partial charge in [0.2, 0.25) is 5.91 Å². The van der Waals surface area contributed by atoms with Crippen LogP contribution >= 0.6 is 12.2 Å². The van der Waals surface area contributed by atoms with Crippen molar-refractivity contribution in [3.05, 3.63) is 81.9 Å². The topological polar surface area (TPSA) is 89.8 Å². The average molecular weight is 463 g/mol. The number of hydrogen-bond acceptors (Lipinski definition) is 5. The Balaban J connectivity index is 1.44. The summed E-state index contributed by atoms with van der Waals surface area (Å²) < 4.78 is 9.25. The first-order valence-electron chi connectivity index (χ1n) is 10.6. The van der Waals surface area contributed by atoms with Crippen LogP contribution in [0, 0.1) is 18.6 Å². The minimum atomic E-state index is -0.156. The van der Waals surface area contributed by atoms with Crippen molar-refractivity contribution < 1.29 is 9.53 Å². The summed E-state index contributed by atoms with van der Waals surface area (Å²) in [7, 11) is 1.62. The second-order valence-electron chi connectivity index (χ2n) is 7.74. The Bertz CT molecular complexity index is 1310. The molecule has 0 aliphatic carbocycles. The van der Waals surface area contributed by atoms with Crippen molar-refractivity contribution in [1.82, 2.24) is 29.9 Å². The standard InChI is InChI=1S/C24H26N6O2S/c1-16-21(17(2)30(28-16)14-18-7-5-4-6-8-18)13-25-22(31)15-29-23(26-27-24(29)33)19-9-11-20(32-3)12-10-19/h4-12H,13-15H2,1-3H3,(H,25,31)(H,27,33). The Morgan fingerprint density at radius 3 is 2.55 bits per heavy atom. The molecule has 0 saturated heterocycles.